The zero-order valence-electron chi connectivity index (χ0n) is 14.9. The average molecular weight is 337 g/mol. The third-order valence-corrected chi connectivity index (χ3v) is 4.28. The first kappa shape index (κ1) is 17.1. The second-order valence-electron chi connectivity index (χ2n) is 6.21. The molecule has 2 N–H and O–H groups in total. The van der Waals surface area contributed by atoms with E-state index in [-0.39, 0.29) is 5.56 Å². The molecule has 0 saturated carbocycles. The van der Waals surface area contributed by atoms with Gasteiger partial charge in [-0.1, -0.05) is 38.0 Å². The number of unbranched alkanes of at least 4 members (excludes halogenated alkanes) is 2. The first-order chi connectivity index (χ1) is 12.1. The van der Waals surface area contributed by atoms with E-state index in [9.17, 15) is 4.79 Å². The molecule has 0 aliphatic carbocycles. The van der Waals surface area contributed by atoms with Crippen molar-refractivity contribution >= 4 is 22.8 Å². The van der Waals surface area contributed by atoms with Crippen LogP contribution >= 0.6 is 0 Å². The zero-order chi connectivity index (χ0) is 17.8. The average Bonchev–Trinajstić information content (AvgIpc) is 2.57. The van der Waals surface area contributed by atoms with Gasteiger partial charge in [-0.3, -0.25) is 15.1 Å². The van der Waals surface area contributed by atoms with E-state index in [4.69, 9.17) is 0 Å². The minimum absolute atomic E-state index is 0.0939. The van der Waals surface area contributed by atoms with Crippen LogP contribution in [-0.4, -0.2) is 19.9 Å². The second-order valence-corrected chi connectivity index (χ2v) is 6.21. The number of aromatic amines is 1. The van der Waals surface area contributed by atoms with Crippen molar-refractivity contribution in [1.82, 2.24) is 19.9 Å². The summed E-state index contributed by atoms with van der Waals surface area (Å²) in [5.74, 6) is 0.800. The highest BCUT2D eigenvalue weighted by atomic mass is 16.1. The lowest BCUT2D eigenvalue weighted by Gasteiger charge is -2.09. The Morgan fingerprint density at radius 2 is 1.84 bits per heavy atom. The van der Waals surface area contributed by atoms with Crippen LogP contribution in [0.4, 0.5) is 11.9 Å². The Morgan fingerprint density at radius 3 is 2.60 bits per heavy atom. The molecule has 0 spiro atoms. The summed E-state index contributed by atoms with van der Waals surface area (Å²) in [5.41, 5.74) is 3.15. The van der Waals surface area contributed by atoms with E-state index < -0.39 is 0 Å². The Hall–Kier alpha value is -2.76. The molecule has 2 aromatic heterocycles. The molecule has 6 heteroatoms. The van der Waals surface area contributed by atoms with Crippen LogP contribution in [0.2, 0.25) is 0 Å². The Kier molecular flexibility index (Phi) is 5.07. The number of aromatic nitrogens is 4. The predicted octanol–water partition coefficient (Wildman–Crippen LogP) is 3.81. The molecule has 6 nitrogen and oxygen atoms in total. The molecule has 0 amide bonds. The highest BCUT2D eigenvalue weighted by Crippen LogP contribution is 2.18. The lowest BCUT2D eigenvalue weighted by atomic mass is 10.1. The maximum absolute atomic E-state index is 12.3. The van der Waals surface area contributed by atoms with Crippen LogP contribution in [-0.2, 0) is 6.42 Å². The molecule has 0 aliphatic rings. The van der Waals surface area contributed by atoms with Gasteiger partial charge in [0, 0.05) is 16.6 Å². The molecule has 3 rings (SSSR count). The van der Waals surface area contributed by atoms with Gasteiger partial charge in [-0.15, -0.1) is 0 Å². The maximum Gasteiger partial charge on any atom is 0.255 e. The van der Waals surface area contributed by atoms with E-state index in [1.807, 2.05) is 38.1 Å². The number of aryl methyl sites for hydroxylation is 2. The number of H-pyrrole nitrogens is 1. The van der Waals surface area contributed by atoms with Gasteiger partial charge in [0.25, 0.3) is 5.56 Å². The van der Waals surface area contributed by atoms with Gasteiger partial charge in [0.05, 0.1) is 11.2 Å². The number of para-hydroxylation sites is 1. The number of hydrogen-bond donors (Lipinski definition) is 2. The van der Waals surface area contributed by atoms with Crippen molar-refractivity contribution in [1.29, 1.82) is 0 Å². The highest BCUT2D eigenvalue weighted by Gasteiger charge is 2.10. The topological polar surface area (TPSA) is 83.6 Å². The van der Waals surface area contributed by atoms with Gasteiger partial charge in [-0.05, 0) is 32.8 Å². The quantitative estimate of drug-likeness (QED) is 0.668. The molecule has 25 heavy (non-hydrogen) atoms. The monoisotopic (exact) mass is 337 g/mol. The fraction of sp³-hybridized carbons (Fsp3) is 0.368. The van der Waals surface area contributed by atoms with Crippen LogP contribution in [0.5, 0.6) is 0 Å². The van der Waals surface area contributed by atoms with Crippen molar-refractivity contribution in [3.8, 4) is 0 Å². The Balaban J connectivity index is 1.87. The van der Waals surface area contributed by atoms with E-state index in [2.05, 4.69) is 32.2 Å². The number of rotatable bonds is 6. The van der Waals surface area contributed by atoms with Crippen LogP contribution in [0.3, 0.4) is 0 Å². The molecule has 0 atom stereocenters. The third-order valence-electron chi connectivity index (χ3n) is 4.28. The SMILES string of the molecule is CCCCCc1c(C)nc(Nc2nc(C)c3ccccc3n2)[nH]c1=O. The largest absolute Gasteiger partial charge is 0.294 e. The Morgan fingerprint density at radius 1 is 1.04 bits per heavy atom. The summed E-state index contributed by atoms with van der Waals surface area (Å²) in [4.78, 5) is 28.6. The Labute approximate surface area is 146 Å². The molecule has 0 bridgehead atoms. The van der Waals surface area contributed by atoms with Crippen molar-refractivity contribution in [2.24, 2.45) is 0 Å². The lowest BCUT2D eigenvalue weighted by molar-refractivity contribution is 0.707. The number of hydrogen-bond acceptors (Lipinski definition) is 5. The number of benzene rings is 1. The summed E-state index contributed by atoms with van der Waals surface area (Å²) in [7, 11) is 0. The molecule has 2 heterocycles. The van der Waals surface area contributed by atoms with Gasteiger partial charge in [-0.2, -0.15) is 0 Å². The number of nitrogens with zero attached hydrogens (tertiary/aromatic N) is 3. The fourth-order valence-electron chi connectivity index (χ4n) is 2.91. The summed E-state index contributed by atoms with van der Waals surface area (Å²) in [5, 5.41) is 4.04. The van der Waals surface area contributed by atoms with E-state index in [1.54, 1.807) is 0 Å². The van der Waals surface area contributed by atoms with Gasteiger partial charge < -0.3 is 0 Å². The predicted molar refractivity (Wildman–Crippen MR) is 100 cm³/mol. The van der Waals surface area contributed by atoms with E-state index >= 15 is 0 Å². The van der Waals surface area contributed by atoms with Crippen LogP contribution in [0.15, 0.2) is 29.1 Å². The normalized spacial score (nSPS) is 11.0. The third kappa shape index (κ3) is 3.84. The number of anilines is 2. The molecule has 1 aromatic carbocycles. The van der Waals surface area contributed by atoms with Crippen LogP contribution in [0.1, 0.15) is 43.1 Å². The van der Waals surface area contributed by atoms with Crippen LogP contribution < -0.4 is 10.9 Å². The first-order valence-electron chi connectivity index (χ1n) is 8.68. The van der Waals surface area contributed by atoms with E-state index in [0.29, 0.717) is 11.9 Å². The van der Waals surface area contributed by atoms with Crippen molar-refractivity contribution in [2.75, 3.05) is 5.32 Å². The zero-order valence-corrected chi connectivity index (χ0v) is 14.9. The minimum Gasteiger partial charge on any atom is -0.294 e. The van der Waals surface area contributed by atoms with E-state index in [0.717, 1.165) is 53.5 Å². The smallest absolute Gasteiger partial charge is 0.255 e. The Bertz CT molecular complexity index is 948. The molecule has 0 unspecified atom stereocenters. The van der Waals surface area contributed by atoms with Gasteiger partial charge in [0.2, 0.25) is 11.9 Å². The summed E-state index contributed by atoms with van der Waals surface area (Å²) in [6, 6.07) is 7.83. The number of fused-ring (bicyclic) bond motifs is 1. The lowest BCUT2D eigenvalue weighted by Crippen LogP contribution is -2.18. The van der Waals surface area contributed by atoms with Crippen molar-refractivity contribution in [3.63, 3.8) is 0 Å². The summed E-state index contributed by atoms with van der Waals surface area (Å²) >= 11 is 0. The second kappa shape index (κ2) is 7.42. The molecule has 130 valence electrons. The highest BCUT2D eigenvalue weighted by molar-refractivity contribution is 5.81. The molecule has 0 fully saturated rings. The van der Waals surface area contributed by atoms with Crippen molar-refractivity contribution in [3.05, 3.63) is 51.6 Å². The van der Waals surface area contributed by atoms with Gasteiger partial charge in [-0.25, -0.2) is 15.0 Å². The molecular weight excluding hydrogens is 314 g/mol. The molecular formula is C19H23N5O. The maximum atomic E-state index is 12.3. The van der Waals surface area contributed by atoms with E-state index in [1.165, 1.54) is 0 Å². The first-order valence-corrected chi connectivity index (χ1v) is 8.68. The van der Waals surface area contributed by atoms with Crippen molar-refractivity contribution < 1.29 is 0 Å². The van der Waals surface area contributed by atoms with Crippen molar-refractivity contribution in [2.45, 2.75) is 46.5 Å². The fourth-order valence-corrected chi connectivity index (χ4v) is 2.91. The summed E-state index contributed by atoms with van der Waals surface area (Å²) in [6.07, 6.45) is 4.00. The van der Waals surface area contributed by atoms with Crippen LogP contribution in [0, 0.1) is 13.8 Å². The standard InChI is InChI=1S/C19H23N5O/c1-4-5-6-10-15-13(3)21-19(23-17(15)25)24-18-20-12(2)14-9-7-8-11-16(14)22-18/h7-9,11H,4-6,10H2,1-3H3,(H2,20,21,22,23,24,25). The van der Waals surface area contributed by atoms with Gasteiger partial charge in [0.15, 0.2) is 0 Å². The van der Waals surface area contributed by atoms with Crippen LogP contribution in [0.25, 0.3) is 10.9 Å². The summed E-state index contributed by atoms with van der Waals surface area (Å²) < 4.78 is 0. The molecule has 0 radical (unpaired) electrons. The molecule has 0 saturated heterocycles. The summed E-state index contributed by atoms with van der Waals surface area (Å²) in [6.45, 7) is 5.95. The molecule has 0 aliphatic heterocycles. The van der Waals surface area contributed by atoms with Gasteiger partial charge in [0.1, 0.15) is 0 Å². The molecule has 3 aromatic rings. The van der Waals surface area contributed by atoms with Gasteiger partial charge >= 0.3 is 0 Å². The number of nitrogens with one attached hydrogen (secondary N) is 2. The minimum atomic E-state index is -0.0939.